The zero-order chi connectivity index (χ0) is 15.4. The monoisotopic (exact) mass is 303 g/mol. The molecular formula is C14H16F3NO3. The molecule has 1 aliphatic heterocycles. The van der Waals surface area contributed by atoms with Crippen molar-refractivity contribution in [1.82, 2.24) is 4.90 Å². The smallest absolute Gasteiger partial charge is 0.406 e. The minimum Gasteiger partial charge on any atom is -0.481 e. The molecule has 2 aliphatic carbocycles. The van der Waals surface area contributed by atoms with Gasteiger partial charge in [0.25, 0.3) is 0 Å². The quantitative estimate of drug-likeness (QED) is 0.795. The van der Waals surface area contributed by atoms with Crippen LogP contribution >= 0.6 is 0 Å². The van der Waals surface area contributed by atoms with Gasteiger partial charge in [-0.25, -0.2) is 0 Å². The number of fused-ring (bicyclic) bond motifs is 2. The molecule has 1 amide bonds. The van der Waals surface area contributed by atoms with Crippen molar-refractivity contribution in [3.63, 3.8) is 0 Å². The number of hydrogen-bond donors (Lipinski definition) is 1. The molecular weight excluding hydrogens is 287 g/mol. The average molecular weight is 303 g/mol. The zero-order valence-corrected chi connectivity index (χ0v) is 11.3. The summed E-state index contributed by atoms with van der Waals surface area (Å²) in [6.07, 6.45) is 0.156. The average Bonchev–Trinajstić information content (AvgIpc) is 3.11. The number of halogens is 3. The van der Waals surface area contributed by atoms with Crippen molar-refractivity contribution in [3.05, 3.63) is 12.2 Å². The van der Waals surface area contributed by atoms with Crippen molar-refractivity contribution in [2.45, 2.75) is 25.4 Å². The third-order valence-electron chi connectivity index (χ3n) is 5.13. The van der Waals surface area contributed by atoms with E-state index < -0.39 is 30.5 Å². The van der Waals surface area contributed by atoms with Gasteiger partial charge in [0, 0.05) is 19.0 Å². The molecule has 7 heteroatoms. The lowest BCUT2D eigenvalue weighted by Crippen LogP contribution is -2.48. The molecule has 1 saturated heterocycles. The predicted octanol–water partition coefficient (Wildman–Crippen LogP) is 2.06. The molecule has 116 valence electrons. The van der Waals surface area contributed by atoms with Crippen molar-refractivity contribution < 1.29 is 27.9 Å². The second-order valence-electron chi connectivity index (χ2n) is 6.28. The van der Waals surface area contributed by atoms with Gasteiger partial charge in [0.2, 0.25) is 5.91 Å². The van der Waals surface area contributed by atoms with Crippen LogP contribution < -0.4 is 0 Å². The molecule has 0 radical (unpaired) electrons. The second-order valence-corrected chi connectivity index (χ2v) is 6.28. The van der Waals surface area contributed by atoms with Crippen LogP contribution in [-0.2, 0) is 9.59 Å². The first-order valence-electron chi connectivity index (χ1n) is 7.02. The Kier molecular flexibility index (Phi) is 3.07. The summed E-state index contributed by atoms with van der Waals surface area (Å²) < 4.78 is 39.3. The summed E-state index contributed by atoms with van der Waals surface area (Å²) in [4.78, 5) is 24.6. The number of amides is 1. The molecule has 0 aromatic carbocycles. The Balaban J connectivity index is 1.76. The normalized spacial score (nSPS) is 38.2. The van der Waals surface area contributed by atoms with E-state index in [1.165, 1.54) is 0 Å². The number of aliphatic carboxylic acids is 1. The van der Waals surface area contributed by atoms with Gasteiger partial charge < -0.3 is 10.0 Å². The molecule has 0 unspecified atom stereocenters. The number of carboxylic acids is 1. The molecule has 4 nitrogen and oxygen atoms in total. The Bertz CT molecular complexity index is 516. The highest BCUT2D eigenvalue weighted by atomic mass is 19.4. The van der Waals surface area contributed by atoms with Crippen molar-refractivity contribution in [1.29, 1.82) is 0 Å². The highest BCUT2D eigenvalue weighted by molar-refractivity contribution is 5.83. The molecule has 0 spiro atoms. The third-order valence-corrected chi connectivity index (χ3v) is 5.13. The van der Waals surface area contributed by atoms with Crippen LogP contribution in [0.1, 0.15) is 19.3 Å². The Hall–Kier alpha value is -1.53. The molecule has 4 atom stereocenters. The third kappa shape index (κ3) is 2.05. The summed E-state index contributed by atoms with van der Waals surface area (Å²) in [5.41, 5.74) is -2.81. The van der Waals surface area contributed by atoms with E-state index in [4.69, 9.17) is 5.11 Å². The van der Waals surface area contributed by atoms with Crippen LogP contribution in [0.3, 0.4) is 0 Å². The van der Waals surface area contributed by atoms with E-state index in [9.17, 15) is 22.8 Å². The van der Waals surface area contributed by atoms with E-state index >= 15 is 0 Å². The maximum absolute atomic E-state index is 13.1. The Morgan fingerprint density at radius 3 is 2.38 bits per heavy atom. The number of alkyl halides is 3. The summed E-state index contributed by atoms with van der Waals surface area (Å²) in [6, 6.07) is 0. The maximum Gasteiger partial charge on any atom is 0.406 e. The predicted molar refractivity (Wildman–Crippen MR) is 66.2 cm³/mol. The highest BCUT2D eigenvalue weighted by Crippen LogP contribution is 2.48. The van der Waals surface area contributed by atoms with E-state index in [1.54, 1.807) is 0 Å². The van der Waals surface area contributed by atoms with Gasteiger partial charge in [-0.1, -0.05) is 12.2 Å². The molecule has 3 aliphatic rings. The van der Waals surface area contributed by atoms with Gasteiger partial charge in [0.05, 0.1) is 0 Å². The fourth-order valence-electron chi connectivity index (χ4n) is 3.82. The molecule has 0 aromatic rings. The molecule has 1 heterocycles. The number of likely N-dealkylation sites (tertiary alicyclic amines) is 1. The lowest BCUT2D eigenvalue weighted by Gasteiger charge is -2.29. The van der Waals surface area contributed by atoms with Crippen LogP contribution in [0.4, 0.5) is 13.2 Å². The van der Waals surface area contributed by atoms with Gasteiger partial charge in [-0.15, -0.1) is 0 Å². The number of carboxylic acid groups (broad SMARTS) is 1. The first kappa shape index (κ1) is 14.4. The first-order valence-corrected chi connectivity index (χ1v) is 7.02. The lowest BCUT2D eigenvalue weighted by atomic mass is 9.86. The van der Waals surface area contributed by atoms with E-state index in [0.29, 0.717) is 12.3 Å². The van der Waals surface area contributed by atoms with Crippen LogP contribution in [0.25, 0.3) is 0 Å². The lowest BCUT2D eigenvalue weighted by molar-refractivity contribution is -0.227. The van der Waals surface area contributed by atoms with Gasteiger partial charge in [0.15, 0.2) is 5.41 Å². The van der Waals surface area contributed by atoms with Crippen molar-refractivity contribution in [2.24, 2.45) is 23.2 Å². The molecule has 0 aromatic heterocycles. The SMILES string of the molecule is O=C([C@H]1C[C@H]2C=C[C@H]1C2)N1CC[C@@](C(=O)O)(C(F)(F)F)C1. The standard InChI is InChI=1S/C14H16F3NO3/c15-14(16,17)13(12(20)21)3-4-18(7-13)11(19)10-6-8-1-2-9(10)5-8/h1-2,8-10H,3-7H2,(H,20,21)/t8-,9-,10-,13+/m0/s1. The van der Waals surface area contributed by atoms with Gasteiger partial charge in [-0.2, -0.15) is 13.2 Å². The minimum absolute atomic E-state index is 0.105. The maximum atomic E-state index is 13.1. The van der Waals surface area contributed by atoms with Crippen LogP contribution in [0.5, 0.6) is 0 Å². The van der Waals surface area contributed by atoms with E-state index in [-0.39, 0.29) is 24.3 Å². The summed E-state index contributed by atoms with van der Waals surface area (Å²) >= 11 is 0. The fourth-order valence-corrected chi connectivity index (χ4v) is 3.82. The number of carbonyl (C=O) groups excluding carboxylic acids is 1. The van der Waals surface area contributed by atoms with Crippen LogP contribution in [0, 0.1) is 23.2 Å². The van der Waals surface area contributed by atoms with E-state index in [0.717, 1.165) is 11.3 Å². The largest absolute Gasteiger partial charge is 0.481 e. The van der Waals surface area contributed by atoms with Crippen molar-refractivity contribution >= 4 is 11.9 Å². The number of allylic oxidation sites excluding steroid dienone is 2. The summed E-state index contributed by atoms with van der Waals surface area (Å²) in [7, 11) is 0. The summed E-state index contributed by atoms with van der Waals surface area (Å²) in [6.45, 7) is -0.898. The molecule has 1 saturated carbocycles. The number of rotatable bonds is 2. The second kappa shape index (κ2) is 4.48. The Morgan fingerprint density at radius 1 is 1.24 bits per heavy atom. The van der Waals surface area contributed by atoms with E-state index in [2.05, 4.69) is 6.08 Å². The summed E-state index contributed by atoms with van der Waals surface area (Å²) in [5.74, 6) is -2.04. The van der Waals surface area contributed by atoms with Gasteiger partial charge in [0.1, 0.15) is 0 Å². The molecule has 3 rings (SSSR count). The molecule has 21 heavy (non-hydrogen) atoms. The number of nitrogens with zero attached hydrogens (tertiary/aromatic N) is 1. The van der Waals surface area contributed by atoms with E-state index in [1.807, 2.05) is 6.08 Å². The van der Waals surface area contributed by atoms with Crippen LogP contribution in [0.15, 0.2) is 12.2 Å². The number of hydrogen-bond acceptors (Lipinski definition) is 2. The highest BCUT2D eigenvalue weighted by Gasteiger charge is 2.64. The van der Waals surface area contributed by atoms with Crippen molar-refractivity contribution in [3.8, 4) is 0 Å². The van der Waals surface area contributed by atoms with Gasteiger partial charge >= 0.3 is 12.1 Å². The molecule has 2 bridgehead atoms. The summed E-state index contributed by atoms with van der Waals surface area (Å²) in [5, 5.41) is 9.00. The Morgan fingerprint density at radius 2 is 1.95 bits per heavy atom. The number of carbonyl (C=O) groups is 2. The van der Waals surface area contributed by atoms with Crippen LogP contribution in [0.2, 0.25) is 0 Å². The first-order chi connectivity index (χ1) is 9.74. The fraction of sp³-hybridized carbons (Fsp3) is 0.714. The topological polar surface area (TPSA) is 57.6 Å². The van der Waals surface area contributed by atoms with Gasteiger partial charge in [-0.05, 0) is 31.1 Å². The van der Waals surface area contributed by atoms with Gasteiger partial charge in [-0.3, -0.25) is 9.59 Å². The molecule has 2 fully saturated rings. The Labute approximate surface area is 119 Å². The zero-order valence-electron chi connectivity index (χ0n) is 11.3. The van der Waals surface area contributed by atoms with Crippen molar-refractivity contribution in [2.75, 3.05) is 13.1 Å². The van der Waals surface area contributed by atoms with Crippen LogP contribution in [-0.4, -0.2) is 41.1 Å². The molecule has 1 N–H and O–H groups in total. The minimum atomic E-state index is -4.84.